The number of nitrogens with zero attached hydrogens (tertiary/aromatic N) is 3. The molecule has 0 saturated carbocycles. The molecule has 0 saturated heterocycles. The maximum atomic E-state index is 8.94. The Labute approximate surface area is 90.3 Å². The maximum Gasteiger partial charge on any atom is 0.146 e. The quantitative estimate of drug-likeness (QED) is 0.796. The number of pyridine rings is 1. The predicted octanol–water partition coefficient (Wildman–Crippen LogP) is 1.05. The van der Waals surface area contributed by atoms with E-state index in [4.69, 9.17) is 11.0 Å². The molecule has 1 rings (SSSR count). The SMILES string of the molecule is Cc1ccc(C#N)c(N(C)CCCN)n1. The molecule has 4 nitrogen and oxygen atoms in total. The normalized spacial score (nSPS) is 9.73. The van der Waals surface area contributed by atoms with Gasteiger partial charge in [0.05, 0.1) is 5.56 Å². The Kier molecular flexibility index (Phi) is 4.07. The first-order valence-corrected chi connectivity index (χ1v) is 4.98. The van der Waals surface area contributed by atoms with Crippen LogP contribution in [0.25, 0.3) is 0 Å². The molecule has 0 aliphatic heterocycles. The summed E-state index contributed by atoms with van der Waals surface area (Å²) in [5.41, 5.74) is 6.97. The average Bonchev–Trinajstić information content (AvgIpc) is 2.25. The van der Waals surface area contributed by atoms with Crippen molar-refractivity contribution in [2.75, 3.05) is 25.0 Å². The van der Waals surface area contributed by atoms with Crippen LogP contribution in [-0.2, 0) is 0 Å². The number of hydrogen-bond donors (Lipinski definition) is 1. The summed E-state index contributed by atoms with van der Waals surface area (Å²) < 4.78 is 0. The van der Waals surface area contributed by atoms with Gasteiger partial charge in [-0.3, -0.25) is 0 Å². The minimum Gasteiger partial charge on any atom is -0.359 e. The summed E-state index contributed by atoms with van der Waals surface area (Å²) in [6, 6.07) is 5.79. The Balaban J connectivity index is 2.91. The molecule has 0 bridgehead atoms. The lowest BCUT2D eigenvalue weighted by Gasteiger charge is -2.19. The highest BCUT2D eigenvalue weighted by molar-refractivity contribution is 5.53. The number of nitrogens with two attached hydrogens (primary N) is 1. The smallest absolute Gasteiger partial charge is 0.146 e. The minimum absolute atomic E-state index is 0.611. The standard InChI is InChI=1S/C11H16N4/c1-9-4-5-10(8-13)11(14-9)15(2)7-3-6-12/h4-5H,3,6-7,12H2,1-2H3. The second-order valence-corrected chi connectivity index (χ2v) is 3.50. The van der Waals surface area contributed by atoms with Gasteiger partial charge in [-0.25, -0.2) is 4.98 Å². The molecule has 0 fully saturated rings. The maximum absolute atomic E-state index is 8.94. The number of hydrogen-bond acceptors (Lipinski definition) is 4. The van der Waals surface area contributed by atoms with E-state index in [0.29, 0.717) is 12.1 Å². The summed E-state index contributed by atoms with van der Waals surface area (Å²) >= 11 is 0. The highest BCUT2D eigenvalue weighted by Crippen LogP contribution is 2.16. The van der Waals surface area contributed by atoms with Crippen LogP contribution >= 0.6 is 0 Å². The molecule has 80 valence electrons. The Hall–Kier alpha value is -1.60. The topological polar surface area (TPSA) is 65.9 Å². The third kappa shape index (κ3) is 2.93. The molecule has 1 aromatic rings. The number of nitriles is 1. The fraction of sp³-hybridized carbons (Fsp3) is 0.455. The zero-order valence-electron chi connectivity index (χ0n) is 9.20. The minimum atomic E-state index is 0.611. The van der Waals surface area contributed by atoms with Gasteiger partial charge in [-0.1, -0.05) is 0 Å². The summed E-state index contributed by atoms with van der Waals surface area (Å²) in [5, 5.41) is 8.94. The summed E-state index contributed by atoms with van der Waals surface area (Å²) in [5.74, 6) is 0.742. The molecular formula is C11H16N4. The zero-order valence-corrected chi connectivity index (χ0v) is 9.20. The molecule has 0 spiro atoms. The van der Waals surface area contributed by atoms with Gasteiger partial charge in [-0.2, -0.15) is 5.26 Å². The molecule has 2 N–H and O–H groups in total. The predicted molar refractivity (Wildman–Crippen MR) is 60.6 cm³/mol. The van der Waals surface area contributed by atoms with E-state index in [0.717, 1.165) is 24.5 Å². The van der Waals surface area contributed by atoms with E-state index in [1.807, 2.05) is 24.9 Å². The molecule has 1 aromatic heterocycles. The lowest BCUT2D eigenvalue weighted by molar-refractivity contribution is 0.784. The van der Waals surface area contributed by atoms with Gasteiger partial charge in [0.2, 0.25) is 0 Å². The fourth-order valence-electron chi connectivity index (χ4n) is 1.36. The van der Waals surface area contributed by atoms with E-state index in [2.05, 4.69) is 11.1 Å². The van der Waals surface area contributed by atoms with Crippen molar-refractivity contribution in [2.24, 2.45) is 5.73 Å². The van der Waals surface area contributed by atoms with Crippen LogP contribution in [0.1, 0.15) is 17.7 Å². The number of anilines is 1. The Morgan fingerprint density at radius 1 is 1.53 bits per heavy atom. The Morgan fingerprint density at radius 2 is 2.27 bits per heavy atom. The molecule has 1 heterocycles. The van der Waals surface area contributed by atoms with E-state index < -0.39 is 0 Å². The second-order valence-electron chi connectivity index (χ2n) is 3.50. The lowest BCUT2D eigenvalue weighted by Crippen LogP contribution is -2.23. The second kappa shape index (κ2) is 5.32. The summed E-state index contributed by atoms with van der Waals surface area (Å²) in [7, 11) is 1.93. The molecule has 15 heavy (non-hydrogen) atoms. The molecule has 4 heteroatoms. The van der Waals surface area contributed by atoms with Crippen LogP contribution in [0.4, 0.5) is 5.82 Å². The Morgan fingerprint density at radius 3 is 2.87 bits per heavy atom. The van der Waals surface area contributed by atoms with Gasteiger partial charge in [0.1, 0.15) is 11.9 Å². The highest BCUT2D eigenvalue weighted by atomic mass is 15.2. The van der Waals surface area contributed by atoms with Gasteiger partial charge in [0.25, 0.3) is 0 Å². The van der Waals surface area contributed by atoms with Gasteiger partial charge in [-0.05, 0) is 32.0 Å². The van der Waals surface area contributed by atoms with Crippen molar-refractivity contribution < 1.29 is 0 Å². The van der Waals surface area contributed by atoms with E-state index in [-0.39, 0.29) is 0 Å². The van der Waals surface area contributed by atoms with Crippen molar-refractivity contribution >= 4 is 5.82 Å². The number of aryl methyl sites for hydroxylation is 1. The summed E-state index contributed by atoms with van der Waals surface area (Å²) in [6.45, 7) is 3.39. The van der Waals surface area contributed by atoms with Gasteiger partial charge in [0, 0.05) is 19.3 Å². The van der Waals surface area contributed by atoms with Crippen molar-refractivity contribution in [3.05, 3.63) is 23.4 Å². The zero-order chi connectivity index (χ0) is 11.3. The van der Waals surface area contributed by atoms with E-state index in [1.165, 1.54) is 0 Å². The monoisotopic (exact) mass is 204 g/mol. The third-order valence-corrected chi connectivity index (χ3v) is 2.19. The molecule has 0 unspecified atom stereocenters. The van der Waals surface area contributed by atoms with Crippen LogP contribution in [-0.4, -0.2) is 25.1 Å². The van der Waals surface area contributed by atoms with Gasteiger partial charge < -0.3 is 10.6 Å². The van der Waals surface area contributed by atoms with Crippen molar-refractivity contribution in [1.29, 1.82) is 5.26 Å². The molecule has 0 aliphatic carbocycles. The summed E-state index contributed by atoms with van der Waals surface area (Å²) in [4.78, 5) is 6.33. The van der Waals surface area contributed by atoms with Crippen LogP contribution in [0.3, 0.4) is 0 Å². The first-order valence-electron chi connectivity index (χ1n) is 4.98. The first kappa shape index (κ1) is 11.5. The van der Waals surface area contributed by atoms with Crippen LogP contribution in [0.5, 0.6) is 0 Å². The molecular weight excluding hydrogens is 188 g/mol. The van der Waals surface area contributed by atoms with E-state index >= 15 is 0 Å². The third-order valence-electron chi connectivity index (χ3n) is 2.19. The average molecular weight is 204 g/mol. The van der Waals surface area contributed by atoms with E-state index in [1.54, 1.807) is 6.07 Å². The van der Waals surface area contributed by atoms with Crippen LogP contribution in [0.15, 0.2) is 12.1 Å². The van der Waals surface area contributed by atoms with Crippen molar-refractivity contribution in [2.45, 2.75) is 13.3 Å². The van der Waals surface area contributed by atoms with E-state index in [9.17, 15) is 0 Å². The summed E-state index contributed by atoms with van der Waals surface area (Å²) in [6.07, 6.45) is 0.900. The lowest BCUT2D eigenvalue weighted by atomic mass is 10.2. The molecule has 0 aliphatic rings. The molecule has 0 radical (unpaired) electrons. The van der Waals surface area contributed by atoms with Crippen molar-refractivity contribution in [3.8, 4) is 6.07 Å². The highest BCUT2D eigenvalue weighted by Gasteiger charge is 2.08. The molecule has 0 atom stereocenters. The van der Waals surface area contributed by atoms with Crippen LogP contribution < -0.4 is 10.6 Å². The van der Waals surface area contributed by atoms with Gasteiger partial charge in [0.15, 0.2) is 0 Å². The molecule has 0 aromatic carbocycles. The largest absolute Gasteiger partial charge is 0.359 e. The Bertz CT molecular complexity index is 367. The molecule has 0 amide bonds. The number of aromatic nitrogens is 1. The fourth-order valence-corrected chi connectivity index (χ4v) is 1.36. The van der Waals surface area contributed by atoms with Crippen molar-refractivity contribution in [3.63, 3.8) is 0 Å². The number of rotatable bonds is 4. The van der Waals surface area contributed by atoms with Gasteiger partial charge >= 0.3 is 0 Å². The van der Waals surface area contributed by atoms with Gasteiger partial charge in [-0.15, -0.1) is 0 Å². The van der Waals surface area contributed by atoms with Crippen LogP contribution in [0, 0.1) is 18.3 Å². The van der Waals surface area contributed by atoms with Crippen molar-refractivity contribution in [1.82, 2.24) is 4.98 Å². The first-order chi connectivity index (χ1) is 7.19. The van der Waals surface area contributed by atoms with Crippen LogP contribution in [0.2, 0.25) is 0 Å².